The minimum Gasteiger partial charge on any atom is -0.457 e. The van der Waals surface area contributed by atoms with Crippen molar-refractivity contribution in [1.82, 2.24) is 14.5 Å². The van der Waals surface area contributed by atoms with E-state index in [-0.39, 0.29) is 17.1 Å². The van der Waals surface area contributed by atoms with E-state index < -0.39 is 0 Å². The zero-order valence-corrected chi connectivity index (χ0v) is 21.4. The van der Waals surface area contributed by atoms with Crippen molar-refractivity contribution in [3.63, 3.8) is 0 Å². The van der Waals surface area contributed by atoms with Crippen molar-refractivity contribution in [3.05, 3.63) is 125 Å². The first kappa shape index (κ1) is 23.8. The maximum Gasteiger partial charge on any atom is 0.266 e. The number of thioether (sulfide) groups is 1. The number of carbonyl (C=O) groups excluding carboxylic acids is 1. The Hall–Kier alpha value is -4.62. The number of ether oxygens (including phenoxy) is 1. The van der Waals surface area contributed by atoms with E-state index in [1.165, 1.54) is 11.8 Å². The second-order valence-corrected chi connectivity index (χ2v) is 9.79. The highest BCUT2D eigenvalue weighted by molar-refractivity contribution is 7.99. The maximum atomic E-state index is 13.6. The summed E-state index contributed by atoms with van der Waals surface area (Å²) >= 11 is 1.26. The molecule has 38 heavy (non-hydrogen) atoms. The number of fused-ring (bicyclic) bond motifs is 2. The van der Waals surface area contributed by atoms with Crippen molar-refractivity contribution in [2.45, 2.75) is 12.1 Å². The number of hydrogen-bond acceptors (Lipinski definition) is 5. The molecule has 0 aliphatic heterocycles. The first-order valence-electron chi connectivity index (χ1n) is 12.2. The molecule has 0 radical (unpaired) electrons. The van der Waals surface area contributed by atoms with Gasteiger partial charge in [-0.25, -0.2) is 4.98 Å². The third kappa shape index (κ3) is 4.48. The lowest BCUT2D eigenvalue weighted by Gasteiger charge is -2.14. The van der Waals surface area contributed by atoms with Gasteiger partial charge in [0.15, 0.2) is 10.9 Å². The molecule has 186 valence electrons. The predicted molar refractivity (Wildman–Crippen MR) is 152 cm³/mol. The third-order valence-corrected chi connectivity index (χ3v) is 7.26. The van der Waals surface area contributed by atoms with E-state index in [9.17, 15) is 9.59 Å². The van der Waals surface area contributed by atoms with Crippen LogP contribution >= 0.6 is 11.8 Å². The number of hydrogen-bond donors (Lipinski definition) is 1. The molecule has 1 N–H and O–H groups in total. The highest BCUT2D eigenvalue weighted by Crippen LogP contribution is 2.28. The quantitative estimate of drug-likeness (QED) is 0.141. The molecular formula is C31H23N3O3S. The number of aryl methyl sites for hydroxylation is 1. The van der Waals surface area contributed by atoms with Gasteiger partial charge in [0.05, 0.1) is 22.3 Å². The Kier molecular flexibility index (Phi) is 6.27. The van der Waals surface area contributed by atoms with E-state index in [1.54, 1.807) is 10.6 Å². The van der Waals surface area contributed by atoms with Crippen LogP contribution in [0.3, 0.4) is 0 Å². The fraction of sp³-hybridized carbons (Fsp3) is 0.0645. The molecular weight excluding hydrogens is 494 g/mol. The molecule has 7 heteroatoms. The summed E-state index contributed by atoms with van der Waals surface area (Å²) in [4.78, 5) is 35.0. The van der Waals surface area contributed by atoms with Gasteiger partial charge in [-0.15, -0.1) is 0 Å². The molecule has 0 saturated carbocycles. The molecule has 0 bridgehead atoms. The van der Waals surface area contributed by atoms with Gasteiger partial charge in [0.1, 0.15) is 11.5 Å². The molecule has 2 heterocycles. The van der Waals surface area contributed by atoms with Crippen molar-refractivity contribution in [2.24, 2.45) is 0 Å². The molecule has 2 aromatic heterocycles. The number of rotatable bonds is 7. The lowest BCUT2D eigenvalue weighted by Crippen LogP contribution is -2.22. The standard InChI is InChI=1S/C31H23N3O3S/c1-20-29(24-11-5-7-13-26(24)32-20)28(35)19-38-31-33-27-14-8-6-12-25(27)30(36)34(31)21-15-17-23(18-16-21)37-22-9-3-2-4-10-22/h2-18,32H,19H2,1H3. The van der Waals surface area contributed by atoms with Crippen molar-refractivity contribution < 1.29 is 9.53 Å². The van der Waals surface area contributed by atoms with Crippen LogP contribution in [-0.4, -0.2) is 26.1 Å². The predicted octanol–water partition coefficient (Wildman–Crippen LogP) is 6.94. The van der Waals surface area contributed by atoms with Gasteiger partial charge < -0.3 is 9.72 Å². The average Bonchev–Trinajstić information content (AvgIpc) is 3.29. The van der Waals surface area contributed by atoms with E-state index in [2.05, 4.69) is 4.98 Å². The number of aromatic nitrogens is 3. The normalized spacial score (nSPS) is 11.2. The first-order chi connectivity index (χ1) is 18.6. The molecule has 0 unspecified atom stereocenters. The number of ketones is 1. The highest BCUT2D eigenvalue weighted by atomic mass is 32.2. The summed E-state index contributed by atoms with van der Waals surface area (Å²) in [5.41, 5.74) is 3.48. The number of benzene rings is 4. The molecule has 0 aliphatic rings. The Morgan fingerprint density at radius 2 is 1.50 bits per heavy atom. The van der Waals surface area contributed by atoms with Crippen LogP contribution in [0.5, 0.6) is 11.5 Å². The van der Waals surface area contributed by atoms with E-state index in [0.29, 0.717) is 33.1 Å². The molecule has 6 rings (SSSR count). The van der Waals surface area contributed by atoms with Gasteiger partial charge in [-0.1, -0.05) is 60.3 Å². The molecule has 0 amide bonds. The highest BCUT2D eigenvalue weighted by Gasteiger charge is 2.19. The van der Waals surface area contributed by atoms with E-state index in [1.807, 2.05) is 104 Å². The molecule has 6 nitrogen and oxygen atoms in total. The Morgan fingerprint density at radius 3 is 2.29 bits per heavy atom. The summed E-state index contributed by atoms with van der Waals surface area (Å²) in [7, 11) is 0. The second-order valence-electron chi connectivity index (χ2n) is 8.84. The summed E-state index contributed by atoms with van der Waals surface area (Å²) in [5, 5.41) is 1.87. The van der Waals surface area contributed by atoms with Gasteiger partial charge in [0.2, 0.25) is 0 Å². The fourth-order valence-electron chi connectivity index (χ4n) is 4.56. The van der Waals surface area contributed by atoms with Crippen LogP contribution in [0.4, 0.5) is 0 Å². The molecule has 0 atom stereocenters. The minimum absolute atomic E-state index is 0.0227. The van der Waals surface area contributed by atoms with Gasteiger partial charge in [-0.3, -0.25) is 14.2 Å². The van der Waals surface area contributed by atoms with Crippen LogP contribution in [0.1, 0.15) is 16.1 Å². The van der Waals surface area contributed by atoms with Gasteiger partial charge in [0.25, 0.3) is 5.56 Å². The maximum absolute atomic E-state index is 13.6. The molecule has 0 fully saturated rings. The van der Waals surface area contributed by atoms with Crippen LogP contribution < -0.4 is 10.3 Å². The van der Waals surface area contributed by atoms with Crippen LogP contribution in [0.2, 0.25) is 0 Å². The van der Waals surface area contributed by atoms with Crippen molar-refractivity contribution in [1.29, 1.82) is 0 Å². The Balaban J connectivity index is 1.35. The summed E-state index contributed by atoms with van der Waals surface area (Å²) < 4.78 is 7.47. The SMILES string of the molecule is Cc1[nH]c2ccccc2c1C(=O)CSc1nc2ccccc2c(=O)n1-c1ccc(Oc2ccccc2)cc1. The topological polar surface area (TPSA) is 77.0 Å². The van der Waals surface area contributed by atoms with Gasteiger partial charge in [0, 0.05) is 22.2 Å². The number of para-hydroxylation sites is 3. The first-order valence-corrected chi connectivity index (χ1v) is 13.2. The van der Waals surface area contributed by atoms with E-state index in [4.69, 9.17) is 9.72 Å². The molecule has 6 aromatic rings. The lowest BCUT2D eigenvalue weighted by atomic mass is 10.1. The van der Waals surface area contributed by atoms with Crippen molar-refractivity contribution in [3.8, 4) is 17.2 Å². The Morgan fingerprint density at radius 1 is 0.842 bits per heavy atom. The summed E-state index contributed by atoms with van der Waals surface area (Å²) in [6.45, 7) is 1.90. The zero-order chi connectivity index (χ0) is 26.1. The molecule has 0 aliphatic carbocycles. The number of carbonyl (C=O) groups is 1. The minimum atomic E-state index is -0.189. The van der Waals surface area contributed by atoms with E-state index in [0.717, 1.165) is 22.3 Å². The van der Waals surface area contributed by atoms with Crippen LogP contribution in [0.15, 0.2) is 113 Å². The Labute approximate surface area is 222 Å². The number of nitrogens with one attached hydrogen (secondary N) is 1. The van der Waals surface area contributed by atoms with Gasteiger partial charge in [-0.05, 0) is 61.5 Å². The Bertz CT molecular complexity index is 1840. The monoisotopic (exact) mass is 517 g/mol. The van der Waals surface area contributed by atoms with Crippen LogP contribution in [0.25, 0.3) is 27.5 Å². The molecule has 0 saturated heterocycles. The number of nitrogens with zero attached hydrogens (tertiary/aromatic N) is 2. The van der Waals surface area contributed by atoms with E-state index >= 15 is 0 Å². The third-order valence-electron chi connectivity index (χ3n) is 6.32. The lowest BCUT2D eigenvalue weighted by molar-refractivity contribution is 0.102. The molecule has 4 aromatic carbocycles. The van der Waals surface area contributed by atoms with Crippen LogP contribution in [0, 0.1) is 6.92 Å². The number of Topliss-reactive ketones (excluding diaryl/α,β-unsaturated/α-hetero) is 1. The second kappa shape index (κ2) is 10.0. The largest absolute Gasteiger partial charge is 0.457 e. The number of aromatic amines is 1. The van der Waals surface area contributed by atoms with Gasteiger partial charge in [-0.2, -0.15) is 0 Å². The summed E-state index contributed by atoms with van der Waals surface area (Å²) in [6, 6.07) is 31.8. The fourth-order valence-corrected chi connectivity index (χ4v) is 5.45. The zero-order valence-electron chi connectivity index (χ0n) is 20.5. The summed E-state index contributed by atoms with van der Waals surface area (Å²) in [6.07, 6.45) is 0. The van der Waals surface area contributed by atoms with Crippen LogP contribution in [-0.2, 0) is 0 Å². The molecule has 0 spiro atoms. The smallest absolute Gasteiger partial charge is 0.266 e. The van der Waals surface area contributed by atoms with Gasteiger partial charge >= 0.3 is 0 Å². The number of H-pyrrole nitrogens is 1. The summed E-state index contributed by atoms with van der Waals surface area (Å²) in [5.74, 6) is 1.50. The van der Waals surface area contributed by atoms with Crippen molar-refractivity contribution in [2.75, 3.05) is 5.75 Å². The average molecular weight is 518 g/mol. The van der Waals surface area contributed by atoms with Crippen molar-refractivity contribution >= 4 is 39.4 Å².